The molecular formula is C25H30N2. The van der Waals surface area contributed by atoms with Gasteiger partial charge in [-0.25, -0.2) is 0 Å². The van der Waals surface area contributed by atoms with Crippen LogP contribution in [0.3, 0.4) is 0 Å². The zero-order valence-electron chi connectivity index (χ0n) is 16.6. The number of rotatable bonds is 9. The van der Waals surface area contributed by atoms with E-state index in [-0.39, 0.29) is 0 Å². The topological polar surface area (TPSA) is 16.1 Å². The number of anilines is 1. The number of hydrogen-bond acceptors (Lipinski definition) is 2. The van der Waals surface area contributed by atoms with Gasteiger partial charge in [0.25, 0.3) is 0 Å². The lowest BCUT2D eigenvalue weighted by molar-refractivity contribution is 0.678. The van der Waals surface area contributed by atoms with Gasteiger partial charge in [0.05, 0.1) is 5.69 Å². The van der Waals surface area contributed by atoms with Crippen LogP contribution >= 0.6 is 0 Å². The number of nitrogens with zero attached hydrogens (tertiary/aromatic N) is 2. The van der Waals surface area contributed by atoms with Crippen molar-refractivity contribution in [2.45, 2.75) is 39.5 Å². The van der Waals surface area contributed by atoms with Gasteiger partial charge in [0.2, 0.25) is 0 Å². The molecule has 0 bridgehead atoms. The molecule has 140 valence electrons. The van der Waals surface area contributed by atoms with Crippen LogP contribution in [-0.2, 0) is 0 Å². The number of benzene rings is 2. The molecule has 0 aliphatic rings. The zero-order chi connectivity index (χ0) is 18.9. The van der Waals surface area contributed by atoms with Gasteiger partial charge in [-0.15, -0.1) is 0 Å². The number of fused-ring (bicyclic) bond motifs is 1. The third-order valence-corrected chi connectivity index (χ3v) is 4.91. The Morgan fingerprint density at radius 2 is 1.56 bits per heavy atom. The maximum atomic E-state index is 4.34. The summed E-state index contributed by atoms with van der Waals surface area (Å²) in [6, 6.07) is 19.5. The summed E-state index contributed by atoms with van der Waals surface area (Å²) in [4.78, 5) is 6.89. The van der Waals surface area contributed by atoms with E-state index in [1.54, 1.807) is 0 Å². The van der Waals surface area contributed by atoms with Gasteiger partial charge in [-0.2, -0.15) is 0 Å². The van der Waals surface area contributed by atoms with E-state index in [1.807, 2.05) is 24.4 Å². The van der Waals surface area contributed by atoms with Crippen molar-refractivity contribution in [2.24, 2.45) is 0 Å². The standard InChI is InChI=1S/C25H30N2/c1-3-5-17-27(18-6-4-2)25-15-13-22-19-21(10-12-23(22)20-25)11-14-24-9-7-8-16-26-24/h7-16,19-20H,3-6,17-18H2,1-2H3/b14-11+. The molecule has 0 aliphatic heterocycles. The smallest absolute Gasteiger partial charge is 0.0629 e. The fraction of sp³-hybridized carbons (Fsp3) is 0.320. The van der Waals surface area contributed by atoms with Crippen LogP contribution in [-0.4, -0.2) is 18.1 Å². The minimum atomic E-state index is 0.982. The Labute approximate surface area is 163 Å². The molecule has 2 aromatic carbocycles. The summed E-state index contributed by atoms with van der Waals surface area (Å²) in [5, 5.41) is 2.59. The molecular weight excluding hydrogens is 328 g/mol. The van der Waals surface area contributed by atoms with Gasteiger partial charge in [0, 0.05) is 25.0 Å². The Bertz CT molecular complexity index is 860. The zero-order valence-corrected chi connectivity index (χ0v) is 16.6. The van der Waals surface area contributed by atoms with Gasteiger partial charge in [-0.05, 0) is 65.6 Å². The average Bonchev–Trinajstić information content (AvgIpc) is 2.72. The number of unbranched alkanes of at least 4 members (excludes halogenated alkanes) is 2. The van der Waals surface area contributed by atoms with Crippen LogP contribution in [0.15, 0.2) is 60.8 Å². The van der Waals surface area contributed by atoms with Gasteiger partial charge in [-0.1, -0.05) is 57.0 Å². The van der Waals surface area contributed by atoms with E-state index in [4.69, 9.17) is 0 Å². The molecule has 0 saturated carbocycles. The van der Waals surface area contributed by atoms with E-state index in [2.05, 4.69) is 72.3 Å². The maximum Gasteiger partial charge on any atom is 0.0629 e. The normalized spacial score (nSPS) is 11.3. The van der Waals surface area contributed by atoms with Crippen LogP contribution in [0.4, 0.5) is 5.69 Å². The molecule has 3 rings (SSSR count). The fourth-order valence-electron chi connectivity index (χ4n) is 3.28. The second kappa shape index (κ2) is 9.91. The summed E-state index contributed by atoms with van der Waals surface area (Å²) >= 11 is 0. The van der Waals surface area contributed by atoms with E-state index in [1.165, 1.54) is 47.7 Å². The van der Waals surface area contributed by atoms with E-state index >= 15 is 0 Å². The van der Waals surface area contributed by atoms with Crippen molar-refractivity contribution in [3.63, 3.8) is 0 Å². The Morgan fingerprint density at radius 1 is 0.815 bits per heavy atom. The van der Waals surface area contributed by atoms with Gasteiger partial charge in [0.15, 0.2) is 0 Å². The van der Waals surface area contributed by atoms with Gasteiger partial charge in [0.1, 0.15) is 0 Å². The average molecular weight is 359 g/mol. The minimum Gasteiger partial charge on any atom is -0.372 e. The summed E-state index contributed by atoms with van der Waals surface area (Å²) in [5.41, 5.74) is 3.53. The largest absolute Gasteiger partial charge is 0.372 e. The third kappa shape index (κ3) is 5.43. The third-order valence-electron chi connectivity index (χ3n) is 4.91. The molecule has 0 amide bonds. The summed E-state index contributed by atoms with van der Waals surface area (Å²) in [6.45, 7) is 6.82. The molecule has 1 aromatic heterocycles. The lowest BCUT2D eigenvalue weighted by atomic mass is 10.0. The molecule has 0 radical (unpaired) electrons. The Morgan fingerprint density at radius 3 is 2.26 bits per heavy atom. The summed E-state index contributed by atoms with van der Waals surface area (Å²) in [6.07, 6.45) is 11.0. The van der Waals surface area contributed by atoms with Crippen molar-refractivity contribution in [1.29, 1.82) is 0 Å². The molecule has 0 N–H and O–H groups in total. The first kappa shape index (κ1) is 19.2. The fourth-order valence-corrected chi connectivity index (χ4v) is 3.28. The molecule has 3 aromatic rings. The summed E-state index contributed by atoms with van der Waals surface area (Å²) in [5.74, 6) is 0. The highest BCUT2D eigenvalue weighted by molar-refractivity contribution is 5.88. The Hall–Kier alpha value is -2.61. The van der Waals surface area contributed by atoms with Crippen molar-refractivity contribution in [3.8, 4) is 0 Å². The molecule has 0 aliphatic carbocycles. The second-order valence-electron chi connectivity index (χ2n) is 7.07. The molecule has 2 nitrogen and oxygen atoms in total. The Kier molecular flexibility index (Phi) is 7.04. The monoisotopic (exact) mass is 358 g/mol. The first-order valence-electron chi connectivity index (χ1n) is 10.2. The first-order valence-corrected chi connectivity index (χ1v) is 10.2. The highest BCUT2D eigenvalue weighted by Gasteiger charge is 2.06. The van der Waals surface area contributed by atoms with E-state index in [9.17, 15) is 0 Å². The lowest BCUT2D eigenvalue weighted by Gasteiger charge is -2.25. The molecule has 0 spiro atoms. The Balaban J connectivity index is 1.80. The van der Waals surface area contributed by atoms with Crippen molar-refractivity contribution in [2.75, 3.05) is 18.0 Å². The molecule has 2 heteroatoms. The second-order valence-corrected chi connectivity index (χ2v) is 7.07. The van der Waals surface area contributed by atoms with Crippen LogP contribution in [0.5, 0.6) is 0 Å². The van der Waals surface area contributed by atoms with Crippen molar-refractivity contribution >= 4 is 28.6 Å². The van der Waals surface area contributed by atoms with Crippen LogP contribution in [0.1, 0.15) is 50.8 Å². The van der Waals surface area contributed by atoms with Crippen LogP contribution in [0.2, 0.25) is 0 Å². The highest BCUT2D eigenvalue weighted by atomic mass is 15.1. The highest BCUT2D eigenvalue weighted by Crippen LogP contribution is 2.24. The van der Waals surface area contributed by atoms with E-state index in [0.29, 0.717) is 0 Å². The molecule has 0 saturated heterocycles. The van der Waals surface area contributed by atoms with E-state index in [0.717, 1.165) is 18.8 Å². The quantitative estimate of drug-likeness (QED) is 0.417. The minimum absolute atomic E-state index is 0.982. The summed E-state index contributed by atoms with van der Waals surface area (Å²) < 4.78 is 0. The van der Waals surface area contributed by atoms with Crippen molar-refractivity contribution in [3.05, 3.63) is 72.1 Å². The lowest BCUT2D eigenvalue weighted by Crippen LogP contribution is -2.25. The predicted molar refractivity (Wildman–Crippen MR) is 119 cm³/mol. The summed E-state index contributed by atoms with van der Waals surface area (Å²) in [7, 11) is 0. The molecule has 0 atom stereocenters. The number of aromatic nitrogens is 1. The van der Waals surface area contributed by atoms with Crippen LogP contribution in [0.25, 0.3) is 22.9 Å². The molecule has 1 heterocycles. The predicted octanol–water partition coefficient (Wildman–Crippen LogP) is 6.81. The maximum absolute atomic E-state index is 4.34. The molecule has 0 fully saturated rings. The van der Waals surface area contributed by atoms with Gasteiger partial charge < -0.3 is 4.90 Å². The number of hydrogen-bond donors (Lipinski definition) is 0. The van der Waals surface area contributed by atoms with Gasteiger partial charge >= 0.3 is 0 Å². The van der Waals surface area contributed by atoms with Crippen molar-refractivity contribution < 1.29 is 0 Å². The SMILES string of the molecule is CCCCN(CCCC)c1ccc2cc(/C=C/c3ccccn3)ccc2c1. The van der Waals surface area contributed by atoms with E-state index < -0.39 is 0 Å². The number of pyridine rings is 1. The molecule has 0 unspecified atom stereocenters. The van der Waals surface area contributed by atoms with Crippen molar-refractivity contribution in [1.82, 2.24) is 4.98 Å². The molecule has 27 heavy (non-hydrogen) atoms. The van der Waals surface area contributed by atoms with Crippen LogP contribution in [0, 0.1) is 0 Å². The van der Waals surface area contributed by atoms with Crippen LogP contribution < -0.4 is 4.90 Å². The van der Waals surface area contributed by atoms with Gasteiger partial charge in [-0.3, -0.25) is 4.98 Å². The first-order chi connectivity index (χ1) is 13.3.